The molecule has 1 unspecified atom stereocenters. The molecule has 2 aromatic heterocycles. The maximum atomic E-state index is 11.1. The van der Waals surface area contributed by atoms with E-state index in [2.05, 4.69) is 20.5 Å². The van der Waals surface area contributed by atoms with Crippen molar-refractivity contribution in [2.24, 2.45) is 5.73 Å². The number of hydrogen-bond donors (Lipinski definition) is 3. The highest BCUT2D eigenvalue weighted by atomic mass is 16.3. The number of nitrogens with one attached hydrogen (secondary N) is 1. The minimum absolute atomic E-state index is 0.0949. The molecule has 0 aromatic carbocycles. The first-order chi connectivity index (χ1) is 12.4. The van der Waals surface area contributed by atoms with Crippen LogP contribution in [-0.4, -0.2) is 56.8 Å². The Balaban J connectivity index is 1.72. The highest BCUT2D eigenvalue weighted by molar-refractivity contribution is 5.76. The lowest BCUT2D eigenvalue weighted by molar-refractivity contribution is -0.119. The fraction of sp³-hybridized carbons (Fsp3) is 0.444. The van der Waals surface area contributed by atoms with Gasteiger partial charge in [0.1, 0.15) is 23.0 Å². The molecule has 1 atom stereocenters. The summed E-state index contributed by atoms with van der Waals surface area (Å²) in [6, 6.07) is 3.75. The number of rotatable bonds is 5. The van der Waals surface area contributed by atoms with Crippen molar-refractivity contribution in [1.29, 1.82) is 0 Å². The maximum absolute atomic E-state index is 11.1. The Kier molecular flexibility index (Phi) is 5.32. The summed E-state index contributed by atoms with van der Waals surface area (Å²) >= 11 is 0. The summed E-state index contributed by atoms with van der Waals surface area (Å²) < 4.78 is 0. The molecule has 1 amide bonds. The van der Waals surface area contributed by atoms with E-state index >= 15 is 0 Å². The number of aromatic nitrogens is 3. The van der Waals surface area contributed by atoms with Gasteiger partial charge in [0.2, 0.25) is 5.91 Å². The van der Waals surface area contributed by atoms with E-state index in [9.17, 15) is 9.90 Å². The summed E-state index contributed by atoms with van der Waals surface area (Å²) in [7, 11) is 0. The largest absolute Gasteiger partial charge is 0.506 e. The number of pyridine rings is 1. The molecule has 8 nitrogen and oxygen atoms in total. The van der Waals surface area contributed by atoms with Crippen LogP contribution >= 0.6 is 0 Å². The molecule has 26 heavy (non-hydrogen) atoms. The third-order valence-electron chi connectivity index (χ3n) is 4.45. The average Bonchev–Trinajstić information content (AvgIpc) is 2.56. The first-order valence-corrected chi connectivity index (χ1v) is 8.70. The molecule has 4 N–H and O–H groups in total. The lowest BCUT2D eigenvalue weighted by Crippen LogP contribution is -2.45. The maximum Gasteiger partial charge on any atom is 0.231 e. The third-order valence-corrected chi connectivity index (χ3v) is 4.45. The molecule has 0 spiro atoms. The van der Waals surface area contributed by atoms with Crippen LogP contribution < -0.4 is 11.1 Å². The van der Waals surface area contributed by atoms with E-state index in [1.165, 1.54) is 0 Å². The zero-order chi connectivity index (χ0) is 18.7. The standard InChI is InChI=1S/C18H24N6O2/c1-11-6-14(25)18(20-8-11)17-12(2)7-16(22-23-17)21-13-4-3-5-24(9-13)10-15(19)26/h6-8,13,25H,3-5,9-10H2,1-2H3,(H2,19,26)(H,21,22). The number of nitrogens with zero attached hydrogens (tertiary/aromatic N) is 4. The molecule has 138 valence electrons. The van der Waals surface area contributed by atoms with Crippen LogP contribution in [0.15, 0.2) is 18.3 Å². The van der Waals surface area contributed by atoms with E-state index in [0.29, 0.717) is 17.2 Å². The highest BCUT2D eigenvalue weighted by Gasteiger charge is 2.21. The zero-order valence-corrected chi connectivity index (χ0v) is 15.1. The molecule has 0 radical (unpaired) electrons. The Morgan fingerprint density at radius 3 is 2.85 bits per heavy atom. The Morgan fingerprint density at radius 1 is 1.35 bits per heavy atom. The van der Waals surface area contributed by atoms with Crippen LogP contribution in [0.4, 0.5) is 5.82 Å². The molecule has 1 aliphatic heterocycles. The van der Waals surface area contributed by atoms with Crippen molar-refractivity contribution in [2.45, 2.75) is 32.7 Å². The number of likely N-dealkylation sites (tertiary alicyclic amines) is 1. The number of aryl methyl sites for hydroxylation is 2. The van der Waals surface area contributed by atoms with Gasteiger partial charge in [-0.25, -0.2) is 0 Å². The first-order valence-electron chi connectivity index (χ1n) is 8.70. The highest BCUT2D eigenvalue weighted by Crippen LogP contribution is 2.28. The van der Waals surface area contributed by atoms with Gasteiger partial charge in [0.05, 0.1) is 6.54 Å². The van der Waals surface area contributed by atoms with E-state index < -0.39 is 0 Å². The fourth-order valence-corrected chi connectivity index (χ4v) is 3.27. The molecule has 0 bridgehead atoms. The Bertz CT molecular complexity index is 810. The van der Waals surface area contributed by atoms with E-state index in [1.807, 2.05) is 24.8 Å². The van der Waals surface area contributed by atoms with Gasteiger partial charge in [-0.05, 0) is 56.5 Å². The number of aromatic hydroxyl groups is 1. The number of amides is 1. The monoisotopic (exact) mass is 356 g/mol. The second kappa shape index (κ2) is 7.65. The molecule has 1 saturated heterocycles. The molecule has 1 aliphatic rings. The van der Waals surface area contributed by atoms with Gasteiger partial charge in [0, 0.05) is 18.8 Å². The molecule has 0 aliphatic carbocycles. The van der Waals surface area contributed by atoms with Crippen molar-refractivity contribution < 1.29 is 9.90 Å². The summed E-state index contributed by atoms with van der Waals surface area (Å²) in [6.07, 6.45) is 3.69. The van der Waals surface area contributed by atoms with E-state index in [4.69, 9.17) is 5.73 Å². The minimum Gasteiger partial charge on any atom is -0.506 e. The van der Waals surface area contributed by atoms with Crippen LogP contribution in [0, 0.1) is 13.8 Å². The van der Waals surface area contributed by atoms with Crippen LogP contribution in [0.2, 0.25) is 0 Å². The lowest BCUT2D eigenvalue weighted by atomic mass is 10.1. The quantitative estimate of drug-likeness (QED) is 0.737. The van der Waals surface area contributed by atoms with Crippen LogP contribution in [-0.2, 0) is 4.79 Å². The molecule has 3 heterocycles. The third kappa shape index (κ3) is 4.26. The van der Waals surface area contributed by atoms with Crippen molar-refractivity contribution in [3.05, 3.63) is 29.5 Å². The van der Waals surface area contributed by atoms with Gasteiger partial charge in [-0.3, -0.25) is 14.7 Å². The van der Waals surface area contributed by atoms with Crippen LogP contribution in [0.5, 0.6) is 5.75 Å². The number of nitrogens with two attached hydrogens (primary N) is 1. The van der Waals surface area contributed by atoms with Crippen LogP contribution in [0.3, 0.4) is 0 Å². The summed E-state index contributed by atoms with van der Waals surface area (Å²) in [5.74, 6) is 0.456. The van der Waals surface area contributed by atoms with Gasteiger partial charge in [0.15, 0.2) is 0 Å². The van der Waals surface area contributed by atoms with Gasteiger partial charge in [0.25, 0.3) is 0 Å². The Morgan fingerprint density at radius 2 is 2.15 bits per heavy atom. The Hall–Kier alpha value is -2.74. The van der Waals surface area contributed by atoms with Crippen molar-refractivity contribution in [3.8, 4) is 17.1 Å². The first kappa shape index (κ1) is 18.1. The average molecular weight is 356 g/mol. The topological polar surface area (TPSA) is 117 Å². The zero-order valence-electron chi connectivity index (χ0n) is 15.1. The van der Waals surface area contributed by atoms with E-state index in [-0.39, 0.29) is 24.2 Å². The number of carbonyl (C=O) groups is 1. The number of primary amides is 1. The predicted molar refractivity (Wildman–Crippen MR) is 98.7 cm³/mol. The van der Waals surface area contributed by atoms with Crippen molar-refractivity contribution in [2.75, 3.05) is 25.0 Å². The lowest BCUT2D eigenvalue weighted by Gasteiger charge is -2.32. The smallest absolute Gasteiger partial charge is 0.231 e. The Labute approximate surface area is 152 Å². The molecule has 8 heteroatoms. The number of hydrogen-bond acceptors (Lipinski definition) is 7. The van der Waals surface area contributed by atoms with Crippen LogP contribution in [0.1, 0.15) is 24.0 Å². The molecular formula is C18H24N6O2. The molecule has 3 rings (SSSR count). The summed E-state index contributed by atoms with van der Waals surface area (Å²) in [6.45, 7) is 5.68. The minimum atomic E-state index is -0.309. The van der Waals surface area contributed by atoms with Gasteiger partial charge in [-0.1, -0.05) is 0 Å². The molecule has 1 fully saturated rings. The second-order valence-electron chi connectivity index (χ2n) is 6.83. The van der Waals surface area contributed by atoms with Gasteiger partial charge >= 0.3 is 0 Å². The van der Waals surface area contributed by atoms with Gasteiger partial charge in [-0.15, -0.1) is 10.2 Å². The summed E-state index contributed by atoms with van der Waals surface area (Å²) in [5.41, 5.74) is 8.03. The number of piperidine rings is 1. The normalized spacial score (nSPS) is 17.8. The van der Waals surface area contributed by atoms with E-state index in [0.717, 1.165) is 37.1 Å². The van der Waals surface area contributed by atoms with Crippen molar-refractivity contribution in [1.82, 2.24) is 20.1 Å². The van der Waals surface area contributed by atoms with Gasteiger partial charge in [-0.2, -0.15) is 0 Å². The van der Waals surface area contributed by atoms with E-state index in [1.54, 1.807) is 12.3 Å². The number of anilines is 1. The molecule has 0 saturated carbocycles. The summed E-state index contributed by atoms with van der Waals surface area (Å²) in [4.78, 5) is 17.4. The van der Waals surface area contributed by atoms with Crippen molar-refractivity contribution in [3.63, 3.8) is 0 Å². The van der Waals surface area contributed by atoms with Crippen molar-refractivity contribution >= 4 is 11.7 Å². The molecule has 2 aromatic rings. The summed E-state index contributed by atoms with van der Waals surface area (Å²) in [5, 5.41) is 22.0. The van der Waals surface area contributed by atoms with Gasteiger partial charge < -0.3 is 16.2 Å². The fourth-order valence-electron chi connectivity index (χ4n) is 3.27. The second-order valence-corrected chi connectivity index (χ2v) is 6.83. The SMILES string of the molecule is Cc1cnc(-c2nnc(NC3CCCN(CC(N)=O)C3)cc2C)c(O)c1. The molecular weight excluding hydrogens is 332 g/mol. The number of carbonyl (C=O) groups excluding carboxylic acids is 1. The predicted octanol–water partition coefficient (Wildman–Crippen LogP) is 1.22. The van der Waals surface area contributed by atoms with Crippen LogP contribution in [0.25, 0.3) is 11.4 Å².